The lowest BCUT2D eigenvalue weighted by Crippen LogP contribution is -2.46. The zero-order valence-electron chi connectivity index (χ0n) is 18.6. The second-order valence-electron chi connectivity index (χ2n) is 7.46. The van der Waals surface area contributed by atoms with Crippen molar-refractivity contribution >= 4 is 34.7 Å². The van der Waals surface area contributed by atoms with Crippen molar-refractivity contribution in [3.63, 3.8) is 0 Å². The standard InChI is InChI=1S/C24H26N4O2S2/c1-5-14-28-15(2)20(21(25-24(28)31)16-6-10-18(29-3)11-7-16)23-26-22(27-30-23)17-8-12-19(32-4)13-9-17/h6-13,21H,5,14H2,1-4H3,(H,25,31). The fraction of sp³-hybridized carbons (Fsp3) is 0.292. The molecule has 0 aliphatic carbocycles. The average molecular weight is 467 g/mol. The van der Waals surface area contributed by atoms with Crippen LogP contribution in [0.4, 0.5) is 0 Å². The van der Waals surface area contributed by atoms with Crippen molar-refractivity contribution in [2.75, 3.05) is 19.9 Å². The lowest BCUT2D eigenvalue weighted by Gasteiger charge is -2.37. The fourth-order valence-electron chi connectivity index (χ4n) is 3.79. The second-order valence-corrected chi connectivity index (χ2v) is 8.72. The van der Waals surface area contributed by atoms with Crippen molar-refractivity contribution in [2.45, 2.75) is 31.2 Å². The van der Waals surface area contributed by atoms with Crippen LogP contribution in [-0.4, -0.2) is 40.1 Å². The molecule has 4 rings (SSSR count). The Morgan fingerprint density at radius 3 is 2.50 bits per heavy atom. The van der Waals surface area contributed by atoms with Gasteiger partial charge >= 0.3 is 0 Å². The smallest absolute Gasteiger partial charge is 0.258 e. The van der Waals surface area contributed by atoms with E-state index in [9.17, 15) is 0 Å². The van der Waals surface area contributed by atoms with Gasteiger partial charge < -0.3 is 19.5 Å². The van der Waals surface area contributed by atoms with Crippen molar-refractivity contribution in [1.29, 1.82) is 0 Å². The van der Waals surface area contributed by atoms with E-state index in [1.165, 1.54) is 4.90 Å². The molecule has 1 aliphatic rings. The molecule has 0 saturated carbocycles. The highest BCUT2D eigenvalue weighted by Crippen LogP contribution is 2.38. The maximum atomic E-state index is 5.79. The molecule has 1 atom stereocenters. The molecule has 0 spiro atoms. The third-order valence-corrected chi connectivity index (χ3v) is 6.58. The molecular formula is C24H26N4O2S2. The Hall–Kier alpha value is -2.84. The molecule has 6 nitrogen and oxygen atoms in total. The zero-order valence-corrected chi connectivity index (χ0v) is 20.2. The number of ether oxygens (including phenoxy) is 1. The van der Waals surface area contributed by atoms with Crippen molar-refractivity contribution in [1.82, 2.24) is 20.4 Å². The predicted molar refractivity (Wildman–Crippen MR) is 133 cm³/mol. The molecule has 0 radical (unpaired) electrons. The van der Waals surface area contributed by atoms with Crippen LogP contribution in [-0.2, 0) is 0 Å². The number of nitrogens with zero attached hydrogens (tertiary/aromatic N) is 3. The van der Waals surface area contributed by atoms with Crippen molar-refractivity contribution in [3.05, 3.63) is 65.7 Å². The molecule has 0 amide bonds. The first kappa shape index (κ1) is 22.4. The number of allylic oxidation sites excluding steroid dienone is 1. The summed E-state index contributed by atoms with van der Waals surface area (Å²) in [4.78, 5) is 8.05. The van der Waals surface area contributed by atoms with E-state index in [1.54, 1.807) is 18.9 Å². The Morgan fingerprint density at radius 2 is 1.88 bits per heavy atom. The van der Waals surface area contributed by atoms with Crippen LogP contribution in [0.2, 0.25) is 0 Å². The minimum absolute atomic E-state index is 0.200. The SMILES string of the molecule is CCCN1C(=S)NC(c2ccc(OC)cc2)C(c2nc(-c3ccc(SC)cc3)no2)=C1C. The topological polar surface area (TPSA) is 63.4 Å². The summed E-state index contributed by atoms with van der Waals surface area (Å²) in [5.41, 5.74) is 3.91. The van der Waals surface area contributed by atoms with Crippen LogP contribution in [0.5, 0.6) is 5.75 Å². The molecule has 1 unspecified atom stereocenters. The molecule has 0 bridgehead atoms. The van der Waals surface area contributed by atoms with Crippen LogP contribution in [0.1, 0.15) is 37.8 Å². The number of aromatic nitrogens is 2. The van der Waals surface area contributed by atoms with Gasteiger partial charge in [-0.2, -0.15) is 4.98 Å². The van der Waals surface area contributed by atoms with E-state index in [0.717, 1.165) is 41.1 Å². The molecule has 2 heterocycles. The van der Waals surface area contributed by atoms with Gasteiger partial charge in [0.1, 0.15) is 5.75 Å². The summed E-state index contributed by atoms with van der Waals surface area (Å²) in [5.74, 6) is 1.86. The Bertz CT molecular complexity index is 1120. The second kappa shape index (κ2) is 9.75. The maximum Gasteiger partial charge on any atom is 0.258 e. The number of hydrogen-bond acceptors (Lipinski definition) is 6. The van der Waals surface area contributed by atoms with Gasteiger partial charge in [0.25, 0.3) is 5.89 Å². The molecule has 2 aromatic carbocycles. The van der Waals surface area contributed by atoms with E-state index in [4.69, 9.17) is 26.5 Å². The van der Waals surface area contributed by atoms with E-state index in [0.29, 0.717) is 16.8 Å². The molecule has 3 aromatic rings. The molecule has 166 valence electrons. The summed E-state index contributed by atoms with van der Waals surface area (Å²) in [6, 6.07) is 15.9. The lowest BCUT2D eigenvalue weighted by atomic mass is 9.94. The van der Waals surface area contributed by atoms with Crippen molar-refractivity contribution < 1.29 is 9.26 Å². The number of nitrogens with one attached hydrogen (secondary N) is 1. The van der Waals surface area contributed by atoms with E-state index in [-0.39, 0.29) is 6.04 Å². The molecule has 0 saturated heterocycles. The highest BCUT2D eigenvalue weighted by molar-refractivity contribution is 7.98. The molecule has 8 heteroatoms. The monoisotopic (exact) mass is 466 g/mol. The quantitative estimate of drug-likeness (QED) is 0.360. The van der Waals surface area contributed by atoms with Gasteiger partial charge in [-0.05, 0) is 73.8 Å². The van der Waals surface area contributed by atoms with Gasteiger partial charge in [-0.3, -0.25) is 0 Å². The Balaban J connectivity index is 1.77. The highest BCUT2D eigenvalue weighted by Gasteiger charge is 2.33. The van der Waals surface area contributed by atoms with Gasteiger partial charge in [-0.1, -0.05) is 24.2 Å². The normalized spacial score (nSPS) is 16.3. The van der Waals surface area contributed by atoms with Gasteiger partial charge in [0.15, 0.2) is 5.11 Å². The number of thiocarbonyl (C=S) groups is 1. The molecule has 1 N–H and O–H groups in total. The summed E-state index contributed by atoms with van der Waals surface area (Å²) in [6.45, 7) is 5.01. The van der Waals surface area contributed by atoms with Crippen LogP contribution in [0.15, 0.2) is 63.6 Å². The highest BCUT2D eigenvalue weighted by atomic mass is 32.2. The van der Waals surface area contributed by atoms with Crippen molar-refractivity contribution in [2.24, 2.45) is 0 Å². The number of rotatable bonds is 7. The largest absolute Gasteiger partial charge is 0.497 e. The first-order valence-corrected chi connectivity index (χ1v) is 12.1. The summed E-state index contributed by atoms with van der Waals surface area (Å²) in [7, 11) is 1.66. The van der Waals surface area contributed by atoms with E-state index < -0.39 is 0 Å². The molecular weight excluding hydrogens is 440 g/mol. The van der Waals surface area contributed by atoms with Crippen LogP contribution in [0.3, 0.4) is 0 Å². The number of hydrogen-bond donors (Lipinski definition) is 1. The molecule has 1 aromatic heterocycles. The third-order valence-electron chi connectivity index (χ3n) is 5.50. The van der Waals surface area contributed by atoms with Gasteiger partial charge in [0, 0.05) is 22.7 Å². The summed E-state index contributed by atoms with van der Waals surface area (Å²) in [5, 5.41) is 8.44. The van der Waals surface area contributed by atoms with E-state index >= 15 is 0 Å². The van der Waals surface area contributed by atoms with Crippen molar-refractivity contribution in [3.8, 4) is 17.1 Å². The maximum absolute atomic E-state index is 5.79. The number of methoxy groups -OCH3 is 1. The van der Waals surface area contributed by atoms with Crippen LogP contribution in [0.25, 0.3) is 17.0 Å². The first-order valence-electron chi connectivity index (χ1n) is 10.5. The molecule has 32 heavy (non-hydrogen) atoms. The summed E-state index contributed by atoms with van der Waals surface area (Å²) < 4.78 is 11.1. The van der Waals surface area contributed by atoms with Crippen LogP contribution >= 0.6 is 24.0 Å². The summed E-state index contributed by atoms with van der Waals surface area (Å²) in [6.07, 6.45) is 3.02. The lowest BCUT2D eigenvalue weighted by molar-refractivity contribution is 0.396. The van der Waals surface area contributed by atoms with Gasteiger partial charge in [0.05, 0.1) is 18.7 Å². The fourth-order valence-corrected chi connectivity index (χ4v) is 4.54. The number of thioether (sulfide) groups is 1. The minimum Gasteiger partial charge on any atom is -0.497 e. The number of benzene rings is 2. The molecule has 1 aliphatic heterocycles. The molecule has 0 fully saturated rings. The van der Waals surface area contributed by atoms with E-state index in [2.05, 4.69) is 47.6 Å². The van der Waals surface area contributed by atoms with Crippen LogP contribution in [0, 0.1) is 0 Å². The predicted octanol–water partition coefficient (Wildman–Crippen LogP) is 5.54. The zero-order chi connectivity index (χ0) is 22.7. The van der Waals surface area contributed by atoms with Gasteiger partial charge in [-0.25, -0.2) is 0 Å². The Kier molecular flexibility index (Phi) is 6.81. The average Bonchev–Trinajstić information content (AvgIpc) is 3.31. The first-order chi connectivity index (χ1) is 15.5. The van der Waals surface area contributed by atoms with Gasteiger partial charge in [0.2, 0.25) is 5.82 Å². The third kappa shape index (κ3) is 4.38. The van der Waals surface area contributed by atoms with E-state index in [1.807, 2.05) is 36.4 Å². The Morgan fingerprint density at radius 1 is 1.16 bits per heavy atom. The summed E-state index contributed by atoms with van der Waals surface area (Å²) >= 11 is 7.39. The minimum atomic E-state index is -0.200. The van der Waals surface area contributed by atoms with Gasteiger partial charge in [-0.15, -0.1) is 11.8 Å². The van der Waals surface area contributed by atoms with Crippen LogP contribution < -0.4 is 10.1 Å². The Labute approximate surface area is 198 Å².